The topological polar surface area (TPSA) is 56.7 Å². The van der Waals surface area contributed by atoms with Gasteiger partial charge < -0.3 is 5.73 Å². The molecule has 0 aromatic carbocycles. The minimum absolute atomic E-state index is 0.186. The summed E-state index contributed by atoms with van der Waals surface area (Å²) in [4.78, 5) is 0. The van der Waals surface area contributed by atoms with E-state index in [1.54, 1.807) is 4.68 Å². The quantitative estimate of drug-likeness (QED) is 0.662. The van der Waals surface area contributed by atoms with Crippen molar-refractivity contribution in [3.05, 3.63) is 11.9 Å². The first-order valence-electron chi connectivity index (χ1n) is 4.36. The Hall–Kier alpha value is -0.900. The van der Waals surface area contributed by atoms with Crippen molar-refractivity contribution < 1.29 is 0 Å². The van der Waals surface area contributed by atoms with Gasteiger partial charge in [-0.3, -0.25) is 4.68 Å². The predicted octanol–water partition coefficient (Wildman–Crippen LogP) is 0.543. The van der Waals surface area contributed by atoms with Crippen LogP contribution in [-0.4, -0.2) is 15.0 Å². The summed E-state index contributed by atoms with van der Waals surface area (Å²) < 4.78 is 1.71. The third kappa shape index (κ3) is 1.12. The van der Waals surface area contributed by atoms with Gasteiger partial charge in [0, 0.05) is 13.2 Å². The minimum Gasteiger partial charge on any atom is -0.320 e. The molecule has 1 heterocycles. The van der Waals surface area contributed by atoms with E-state index in [4.69, 9.17) is 5.73 Å². The largest absolute Gasteiger partial charge is 0.320 e. The zero-order valence-corrected chi connectivity index (χ0v) is 7.32. The molecular formula is C8H14N4. The molecule has 1 fully saturated rings. The molecule has 0 bridgehead atoms. The Morgan fingerprint density at radius 3 is 2.67 bits per heavy atom. The number of nitrogens with zero attached hydrogens (tertiary/aromatic N) is 3. The van der Waals surface area contributed by atoms with Gasteiger partial charge in [-0.15, -0.1) is 5.10 Å². The van der Waals surface area contributed by atoms with E-state index in [1.165, 1.54) is 12.8 Å². The molecule has 1 aromatic heterocycles. The lowest BCUT2D eigenvalue weighted by atomic mass is 9.96. The molecule has 0 unspecified atom stereocenters. The molecule has 0 amide bonds. The van der Waals surface area contributed by atoms with Gasteiger partial charge in [0.2, 0.25) is 0 Å². The molecule has 0 saturated heterocycles. The average molecular weight is 166 g/mol. The number of nitrogens with two attached hydrogens (primary N) is 1. The van der Waals surface area contributed by atoms with Crippen molar-refractivity contribution in [2.75, 3.05) is 0 Å². The summed E-state index contributed by atoms with van der Waals surface area (Å²) in [5.74, 6) is 0. The first-order valence-corrected chi connectivity index (χ1v) is 4.36. The highest BCUT2D eigenvalue weighted by atomic mass is 15.4. The highest BCUT2D eigenvalue weighted by Crippen LogP contribution is 2.34. The van der Waals surface area contributed by atoms with Gasteiger partial charge in [0.1, 0.15) is 5.69 Å². The molecule has 2 N–H and O–H groups in total. The van der Waals surface area contributed by atoms with E-state index in [9.17, 15) is 0 Å². The maximum atomic E-state index is 6.18. The van der Waals surface area contributed by atoms with Gasteiger partial charge in [0.05, 0.1) is 5.54 Å². The van der Waals surface area contributed by atoms with Crippen LogP contribution in [0, 0.1) is 0 Å². The van der Waals surface area contributed by atoms with E-state index >= 15 is 0 Å². The van der Waals surface area contributed by atoms with Gasteiger partial charge >= 0.3 is 0 Å². The van der Waals surface area contributed by atoms with Gasteiger partial charge in [-0.1, -0.05) is 18.1 Å². The second-order valence-corrected chi connectivity index (χ2v) is 3.64. The second kappa shape index (κ2) is 2.55. The number of aromatic nitrogens is 3. The second-order valence-electron chi connectivity index (χ2n) is 3.64. The molecule has 0 spiro atoms. The molecule has 0 atom stereocenters. The van der Waals surface area contributed by atoms with E-state index in [0.29, 0.717) is 0 Å². The fraction of sp³-hybridized carbons (Fsp3) is 0.750. The SMILES string of the molecule is Cn1cc(C2(N)CCCC2)nn1. The normalized spacial score (nSPS) is 21.5. The van der Waals surface area contributed by atoms with Crippen molar-refractivity contribution in [3.63, 3.8) is 0 Å². The summed E-state index contributed by atoms with van der Waals surface area (Å²) in [7, 11) is 1.87. The van der Waals surface area contributed by atoms with Gasteiger partial charge in [0.25, 0.3) is 0 Å². The van der Waals surface area contributed by atoms with Gasteiger partial charge in [-0.25, -0.2) is 0 Å². The van der Waals surface area contributed by atoms with E-state index in [2.05, 4.69) is 10.3 Å². The zero-order valence-electron chi connectivity index (χ0n) is 7.32. The summed E-state index contributed by atoms with van der Waals surface area (Å²) in [6.07, 6.45) is 6.45. The monoisotopic (exact) mass is 166 g/mol. The molecule has 0 aliphatic heterocycles. The smallest absolute Gasteiger partial charge is 0.102 e. The maximum Gasteiger partial charge on any atom is 0.102 e. The number of rotatable bonds is 1. The van der Waals surface area contributed by atoms with E-state index < -0.39 is 0 Å². The molecule has 12 heavy (non-hydrogen) atoms. The van der Waals surface area contributed by atoms with Crippen molar-refractivity contribution in [3.8, 4) is 0 Å². The number of hydrogen-bond acceptors (Lipinski definition) is 3. The molecule has 2 rings (SSSR count). The van der Waals surface area contributed by atoms with Crippen LogP contribution >= 0.6 is 0 Å². The first kappa shape index (κ1) is 7.73. The Kier molecular flexibility index (Phi) is 1.65. The van der Waals surface area contributed by atoms with Gasteiger partial charge in [-0.2, -0.15) is 0 Å². The number of hydrogen-bond donors (Lipinski definition) is 1. The van der Waals surface area contributed by atoms with Crippen LogP contribution in [0.15, 0.2) is 6.20 Å². The van der Waals surface area contributed by atoms with Crippen LogP contribution in [0.5, 0.6) is 0 Å². The minimum atomic E-state index is -0.186. The van der Waals surface area contributed by atoms with Crippen molar-refractivity contribution in [1.29, 1.82) is 0 Å². The third-order valence-corrected chi connectivity index (χ3v) is 2.61. The van der Waals surface area contributed by atoms with Crippen LogP contribution in [0.1, 0.15) is 31.4 Å². The highest BCUT2D eigenvalue weighted by Gasteiger charge is 2.33. The third-order valence-electron chi connectivity index (χ3n) is 2.61. The standard InChI is InChI=1S/C8H14N4/c1-12-6-7(10-11-12)8(9)4-2-3-5-8/h6H,2-5,9H2,1H3. The van der Waals surface area contributed by atoms with E-state index in [1.807, 2.05) is 13.2 Å². The Bertz CT molecular complexity index is 272. The van der Waals surface area contributed by atoms with Crippen LogP contribution in [0.2, 0.25) is 0 Å². The Morgan fingerprint density at radius 2 is 2.17 bits per heavy atom. The Labute approximate surface area is 71.8 Å². The lowest BCUT2D eigenvalue weighted by Crippen LogP contribution is -2.33. The number of aryl methyl sites for hydroxylation is 1. The van der Waals surface area contributed by atoms with Crippen LogP contribution < -0.4 is 5.73 Å². The van der Waals surface area contributed by atoms with Crippen LogP contribution in [0.3, 0.4) is 0 Å². The van der Waals surface area contributed by atoms with Crippen LogP contribution in [0.4, 0.5) is 0 Å². The van der Waals surface area contributed by atoms with Crippen molar-refractivity contribution in [1.82, 2.24) is 15.0 Å². The van der Waals surface area contributed by atoms with Crippen molar-refractivity contribution in [2.45, 2.75) is 31.2 Å². The summed E-state index contributed by atoms with van der Waals surface area (Å²) in [5, 5.41) is 7.95. The summed E-state index contributed by atoms with van der Waals surface area (Å²) in [6.45, 7) is 0. The molecular weight excluding hydrogens is 152 g/mol. The summed E-state index contributed by atoms with van der Waals surface area (Å²) >= 11 is 0. The van der Waals surface area contributed by atoms with E-state index in [0.717, 1.165) is 18.5 Å². The maximum absolute atomic E-state index is 6.18. The molecule has 1 aliphatic carbocycles. The molecule has 0 radical (unpaired) electrons. The van der Waals surface area contributed by atoms with Crippen molar-refractivity contribution in [2.24, 2.45) is 12.8 Å². The Balaban J connectivity index is 2.28. The summed E-state index contributed by atoms with van der Waals surface area (Å²) in [5.41, 5.74) is 6.94. The predicted molar refractivity (Wildman–Crippen MR) is 45.3 cm³/mol. The van der Waals surface area contributed by atoms with Crippen molar-refractivity contribution >= 4 is 0 Å². The fourth-order valence-electron chi connectivity index (χ4n) is 1.84. The van der Waals surface area contributed by atoms with Gasteiger partial charge in [-0.05, 0) is 12.8 Å². The van der Waals surface area contributed by atoms with Crippen LogP contribution in [0.25, 0.3) is 0 Å². The molecule has 4 heteroatoms. The molecule has 1 aliphatic rings. The first-order chi connectivity index (χ1) is 5.71. The molecule has 66 valence electrons. The molecule has 4 nitrogen and oxygen atoms in total. The lowest BCUT2D eigenvalue weighted by Gasteiger charge is -2.19. The fourth-order valence-corrected chi connectivity index (χ4v) is 1.84. The molecule has 1 aromatic rings. The Morgan fingerprint density at radius 1 is 1.50 bits per heavy atom. The van der Waals surface area contributed by atoms with Gasteiger partial charge in [0.15, 0.2) is 0 Å². The zero-order chi connectivity index (χ0) is 8.60. The highest BCUT2D eigenvalue weighted by molar-refractivity contribution is 5.11. The molecule has 1 saturated carbocycles. The van der Waals surface area contributed by atoms with E-state index in [-0.39, 0.29) is 5.54 Å². The lowest BCUT2D eigenvalue weighted by molar-refractivity contribution is 0.446. The van der Waals surface area contributed by atoms with Crippen LogP contribution in [-0.2, 0) is 12.6 Å². The average Bonchev–Trinajstić information content (AvgIpc) is 2.59. The summed E-state index contributed by atoms with van der Waals surface area (Å²) in [6, 6.07) is 0.